The Bertz CT molecular complexity index is 559. The lowest BCUT2D eigenvalue weighted by Gasteiger charge is -2.37. The van der Waals surface area contributed by atoms with Gasteiger partial charge in [-0.05, 0) is 58.0 Å². The van der Waals surface area contributed by atoms with Crippen LogP contribution in [0.25, 0.3) is 0 Å². The van der Waals surface area contributed by atoms with Crippen LogP contribution in [-0.4, -0.2) is 48.6 Å². The molecule has 4 nitrogen and oxygen atoms in total. The predicted molar refractivity (Wildman–Crippen MR) is 101 cm³/mol. The lowest BCUT2D eigenvalue weighted by atomic mass is 10.0. The van der Waals surface area contributed by atoms with Crippen LogP contribution in [0, 0.1) is 0 Å². The third-order valence-electron chi connectivity index (χ3n) is 4.79. The Morgan fingerprint density at radius 2 is 2.00 bits per heavy atom. The maximum absolute atomic E-state index is 12.8. The molecule has 0 saturated carbocycles. The van der Waals surface area contributed by atoms with Crippen LogP contribution in [0.2, 0.25) is 10.0 Å². The lowest BCUT2D eigenvalue weighted by Crippen LogP contribution is -2.50. The molecule has 134 valence electrons. The molecule has 1 aliphatic rings. The minimum Gasteiger partial charge on any atom is -0.331 e. The molecule has 1 aliphatic heterocycles. The number of rotatable bonds is 5. The number of nitrogens with zero attached hydrogens (tertiary/aromatic N) is 2. The zero-order valence-electron chi connectivity index (χ0n) is 14.7. The molecule has 1 fully saturated rings. The molecular formula is C18H27Cl2N3O. The van der Waals surface area contributed by atoms with Crippen molar-refractivity contribution in [1.29, 1.82) is 0 Å². The molecule has 2 rings (SSSR count). The molecule has 1 aromatic rings. The first kappa shape index (κ1) is 19.4. The first-order valence-corrected chi connectivity index (χ1v) is 9.43. The van der Waals surface area contributed by atoms with Crippen LogP contribution >= 0.6 is 23.2 Å². The van der Waals surface area contributed by atoms with Crippen molar-refractivity contribution in [3.8, 4) is 0 Å². The number of hydrogen-bond donors (Lipinski definition) is 1. The smallest absolute Gasteiger partial charge is 0.318 e. The van der Waals surface area contributed by atoms with E-state index in [-0.39, 0.29) is 12.1 Å². The first-order chi connectivity index (χ1) is 11.5. The topological polar surface area (TPSA) is 35.6 Å². The van der Waals surface area contributed by atoms with Crippen molar-refractivity contribution in [1.82, 2.24) is 15.1 Å². The summed E-state index contributed by atoms with van der Waals surface area (Å²) in [5, 5.41) is 4.18. The van der Waals surface area contributed by atoms with Gasteiger partial charge in [0.05, 0.1) is 16.1 Å². The van der Waals surface area contributed by atoms with E-state index < -0.39 is 0 Å². The molecule has 24 heavy (non-hydrogen) atoms. The summed E-state index contributed by atoms with van der Waals surface area (Å²) in [5.74, 6) is 0. The van der Waals surface area contributed by atoms with Gasteiger partial charge in [0.25, 0.3) is 0 Å². The van der Waals surface area contributed by atoms with Crippen LogP contribution in [0.4, 0.5) is 4.79 Å². The molecule has 1 saturated heterocycles. The third kappa shape index (κ3) is 4.56. The van der Waals surface area contributed by atoms with Gasteiger partial charge in [-0.15, -0.1) is 0 Å². The number of benzene rings is 1. The van der Waals surface area contributed by atoms with Crippen molar-refractivity contribution in [3.05, 3.63) is 33.8 Å². The summed E-state index contributed by atoms with van der Waals surface area (Å²) < 4.78 is 0. The summed E-state index contributed by atoms with van der Waals surface area (Å²) in [7, 11) is 2.13. The van der Waals surface area contributed by atoms with Crippen molar-refractivity contribution < 1.29 is 4.79 Å². The number of carbonyl (C=O) groups is 1. The molecule has 6 heteroatoms. The quantitative estimate of drug-likeness (QED) is 0.822. The number of carbonyl (C=O) groups excluding carboxylic acids is 1. The van der Waals surface area contributed by atoms with Crippen LogP contribution in [0.1, 0.15) is 44.7 Å². The van der Waals surface area contributed by atoms with E-state index in [1.165, 1.54) is 0 Å². The Morgan fingerprint density at radius 1 is 1.33 bits per heavy atom. The normalized spacial score (nSPS) is 17.5. The second-order valence-corrected chi connectivity index (χ2v) is 7.16. The molecule has 0 spiro atoms. The highest BCUT2D eigenvalue weighted by Gasteiger charge is 2.27. The number of hydrogen-bond acceptors (Lipinski definition) is 2. The van der Waals surface area contributed by atoms with E-state index in [1.54, 1.807) is 6.07 Å². The van der Waals surface area contributed by atoms with Crippen molar-refractivity contribution in [2.75, 3.05) is 26.7 Å². The second-order valence-electron chi connectivity index (χ2n) is 6.37. The van der Waals surface area contributed by atoms with Gasteiger partial charge in [-0.25, -0.2) is 4.79 Å². The molecule has 0 radical (unpaired) electrons. The van der Waals surface area contributed by atoms with Gasteiger partial charge in [0.15, 0.2) is 0 Å². The van der Waals surface area contributed by atoms with Gasteiger partial charge in [-0.3, -0.25) is 0 Å². The molecular weight excluding hydrogens is 345 g/mol. The fourth-order valence-electron chi connectivity index (χ4n) is 3.30. The number of halogens is 2. The Morgan fingerprint density at radius 3 is 2.58 bits per heavy atom. The molecule has 0 aliphatic carbocycles. The largest absolute Gasteiger partial charge is 0.331 e. The number of nitrogens with one attached hydrogen (secondary N) is 1. The Labute approximate surface area is 155 Å². The lowest BCUT2D eigenvalue weighted by molar-refractivity contribution is 0.132. The monoisotopic (exact) mass is 371 g/mol. The molecule has 1 heterocycles. The van der Waals surface area contributed by atoms with Crippen molar-refractivity contribution >= 4 is 29.2 Å². The number of likely N-dealkylation sites (tertiary alicyclic amines) is 1. The summed E-state index contributed by atoms with van der Waals surface area (Å²) in [6.45, 7) is 6.84. The van der Waals surface area contributed by atoms with Crippen molar-refractivity contribution in [3.63, 3.8) is 0 Å². The standard InChI is InChI=1S/C18H27Cl2N3O/c1-4-16(14-7-6-8-15(19)17(14)20)21-18(24)23(5-2)13-9-11-22(3)12-10-13/h6-8,13,16H,4-5,9-12H2,1-3H3,(H,21,24). The highest BCUT2D eigenvalue weighted by Crippen LogP contribution is 2.31. The van der Waals surface area contributed by atoms with E-state index in [0.717, 1.165) is 37.9 Å². The molecule has 1 N–H and O–H groups in total. The SMILES string of the molecule is CCC(NC(=O)N(CC)C1CCN(C)CC1)c1cccc(Cl)c1Cl. The minimum atomic E-state index is -0.135. The van der Waals surface area contributed by atoms with Crippen LogP contribution in [0.5, 0.6) is 0 Å². The fraction of sp³-hybridized carbons (Fsp3) is 0.611. The van der Waals surface area contributed by atoms with E-state index in [9.17, 15) is 4.79 Å². The zero-order chi connectivity index (χ0) is 17.7. The maximum Gasteiger partial charge on any atom is 0.318 e. The van der Waals surface area contributed by atoms with E-state index in [0.29, 0.717) is 22.6 Å². The van der Waals surface area contributed by atoms with Gasteiger partial charge < -0.3 is 15.1 Å². The molecule has 1 aromatic carbocycles. The molecule has 0 bridgehead atoms. The third-order valence-corrected chi connectivity index (χ3v) is 5.63. The number of urea groups is 1. The van der Waals surface area contributed by atoms with Crippen LogP contribution in [0.3, 0.4) is 0 Å². The minimum absolute atomic E-state index is 0.0186. The summed E-state index contributed by atoms with van der Waals surface area (Å²) in [6.07, 6.45) is 2.80. The Hall–Kier alpha value is -0.970. The summed E-state index contributed by atoms with van der Waals surface area (Å²) in [6, 6.07) is 5.71. The molecule has 1 atom stereocenters. The van der Waals surface area contributed by atoms with Gasteiger partial charge in [0.2, 0.25) is 0 Å². The van der Waals surface area contributed by atoms with Crippen LogP contribution in [-0.2, 0) is 0 Å². The first-order valence-electron chi connectivity index (χ1n) is 8.67. The fourth-order valence-corrected chi connectivity index (χ4v) is 3.74. The predicted octanol–water partition coefficient (Wildman–Crippen LogP) is 4.57. The molecule has 1 unspecified atom stereocenters. The zero-order valence-corrected chi connectivity index (χ0v) is 16.2. The van der Waals surface area contributed by atoms with Gasteiger partial charge >= 0.3 is 6.03 Å². The summed E-state index contributed by atoms with van der Waals surface area (Å²) >= 11 is 12.4. The average Bonchev–Trinajstić information content (AvgIpc) is 2.58. The molecule has 0 aromatic heterocycles. The highest BCUT2D eigenvalue weighted by molar-refractivity contribution is 6.42. The Kier molecular flexibility index (Phi) is 7.20. The van der Waals surface area contributed by atoms with Crippen molar-refractivity contribution in [2.45, 2.75) is 45.2 Å². The van der Waals surface area contributed by atoms with E-state index >= 15 is 0 Å². The van der Waals surface area contributed by atoms with Crippen LogP contribution in [0.15, 0.2) is 18.2 Å². The summed E-state index contributed by atoms with van der Waals surface area (Å²) in [5.41, 5.74) is 0.874. The molecule has 2 amide bonds. The number of amides is 2. The Balaban J connectivity index is 2.08. The number of piperidine rings is 1. The maximum atomic E-state index is 12.8. The van der Waals surface area contributed by atoms with E-state index in [1.807, 2.05) is 30.9 Å². The highest BCUT2D eigenvalue weighted by atomic mass is 35.5. The van der Waals surface area contributed by atoms with Gasteiger partial charge in [0.1, 0.15) is 0 Å². The van der Waals surface area contributed by atoms with Gasteiger partial charge in [-0.1, -0.05) is 42.3 Å². The van der Waals surface area contributed by atoms with Gasteiger partial charge in [-0.2, -0.15) is 0 Å². The van der Waals surface area contributed by atoms with Gasteiger partial charge in [0, 0.05) is 12.6 Å². The van der Waals surface area contributed by atoms with Crippen LogP contribution < -0.4 is 5.32 Å². The summed E-state index contributed by atoms with van der Waals surface area (Å²) in [4.78, 5) is 17.1. The average molecular weight is 372 g/mol. The van der Waals surface area contributed by atoms with E-state index in [4.69, 9.17) is 23.2 Å². The van der Waals surface area contributed by atoms with E-state index in [2.05, 4.69) is 17.3 Å². The second kappa shape index (κ2) is 8.93. The van der Waals surface area contributed by atoms with Crippen molar-refractivity contribution in [2.24, 2.45) is 0 Å².